The van der Waals surface area contributed by atoms with Gasteiger partial charge in [0.25, 0.3) is 0 Å². The Hall–Kier alpha value is -2.86. The summed E-state index contributed by atoms with van der Waals surface area (Å²) in [6.07, 6.45) is 1.37. The summed E-state index contributed by atoms with van der Waals surface area (Å²) in [5.41, 5.74) is 6.85. The van der Waals surface area contributed by atoms with Crippen LogP contribution in [0.2, 0.25) is 5.02 Å². The molecule has 0 spiro atoms. The van der Waals surface area contributed by atoms with Gasteiger partial charge in [0.1, 0.15) is 6.33 Å². The molecule has 22 heavy (non-hydrogen) atoms. The summed E-state index contributed by atoms with van der Waals surface area (Å²) in [5, 5.41) is 4.73. The van der Waals surface area contributed by atoms with Crippen molar-refractivity contribution in [2.45, 2.75) is 0 Å². The number of halogens is 1. The van der Waals surface area contributed by atoms with Crippen LogP contribution in [0.15, 0.2) is 60.9 Å². The molecule has 2 N–H and O–H groups in total. The smallest absolute Gasteiger partial charge is 0.326 e. The van der Waals surface area contributed by atoms with E-state index in [4.69, 9.17) is 17.3 Å². The van der Waals surface area contributed by atoms with Gasteiger partial charge in [-0.3, -0.25) is 0 Å². The molecule has 3 rings (SSSR count). The largest absolute Gasteiger partial charge is 0.351 e. The van der Waals surface area contributed by atoms with E-state index in [0.717, 1.165) is 5.69 Å². The van der Waals surface area contributed by atoms with Crippen molar-refractivity contribution in [3.63, 3.8) is 0 Å². The van der Waals surface area contributed by atoms with Crippen molar-refractivity contribution in [2.24, 2.45) is 5.73 Å². The first-order valence-corrected chi connectivity index (χ1v) is 6.85. The molecule has 2 aromatic carbocycles. The number of nitrogens with zero attached hydrogens (tertiary/aromatic N) is 4. The van der Waals surface area contributed by atoms with Gasteiger partial charge in [-0.15, -0.1) is 0 Å². The van der Waals surface area contributed by atoms with Crippen molar-refractivity contribution < 1.29 is 4.79 Å². The highest BCUT2D eigenvalue weighted by molar-refractivity contribution is 6.30. The summed E-state index contributed by atoms with van der Waals surface area (Å²) in [6.45, 7) is 0. The van der Waals surface area contributed by atoms with Crippen LogP contribution in [-0.2, 0) is 0 Å². The molecular formula is C15H12ClN5O. The van der Waals surface area contributed by atoms with E-state index >= 15 is 0 Å². The Kier molecular flexibility index (Phi) is 3.76. The van der Waals surface area contributed by atoms with E-state index in [1.807, 2.05) is 30.3 Å². The molecule has 0 fully saturated rings. The molecule has 7 heteroatoms. The highest BCUT2D eigenvalue weighted by Gasteiger charge is 2.21. The third-order valence-corrected chi connectivity index (χ3v) is 3.29. The Bertz CT molecular complexity index is 785. The molecule has 1 aromatic heterocycles. The Labute approximate surface area is 131 Å². The Morgan fingerprint density at radius 2 is 1.77 bits per heavy atom. The van der Waals surface area contributed by atoms with Crippen molar-refractivity contribution in [3.8, 4) is 5.69 Å². The van der Waals surface area contributed by atoms with Gasteiger partial charge >= 0.3 is 6.03 Å². The summed E-state index contributed by atoms with van der Waals surface area (Å²) in [4.78, 5) is 17.3. The molecule has 6 nitrogen and oxygen atoms in total. The quantitative estimate of drug-likeness (QED) is 0.807. The molecule has 0 bridgehead atoms. The Balaban J connectivity index is 2.09. The Morgan fingerprint density at radius 3 is 2.41 bits per heavy atom. The third kappa shape index (κ3) is 2.64. The van der Waals surface area contributed by atoms with E-state index in [0.29, 0.717) is 16.7 Å². The lowest BCUT2D eigenvalue weighted by atomic mass is 10.3. The highest BCUT2D eigenvalue weighted by Crippen LogP contribution is 2.26. The number of primary amides is 1. The molecule has 3 aromatic rings. The van der Waals surface area contributed by atoms with Crippen LogP contribution in [0.5, 0.6) is 0 Å². The lowest BCUT2D eigenvalue weighted by Gasteiger charge is -2.19. The van der Waals surface area contributed by atoms with E-state index in [-0.39, 0.29) is 0 Å². The molecule has 0 aliphatic rings. The second-order valence-electron chi connectivity index (χ2n) is 4.46. The molecule has 0 aliphatic carbocycles. The SMILES string of the molecule is NC(=O)N(c1ccc(Cl)cc1)c1ncnn1-c1ccccc1. The summed E-state index contributed by atoms with van der Waals surface area (Å²) in [5.74, 6) is 0.307. The third-order valence-electron chi connectivity index (χ3n) is 3.04. The van der Waals surface area contributed by atoms with Gasteiger partial charge in [-0.05, 0) is 36.4 Å². The van der Waals surface area contributed by atoms with Gasteiger partial charge < -0.3 is 5.73 Å². The molecule has 1 heterocycles. The van der Waals surface area contributed by atoms with E-state index < -0.39 is 6.03 Å². The van der Waals surface area contributed by atoms with Gasteiger partial charge in [-0.1, -0.05) is 29.8 Å². The van der Waals surface area contributed by atoms with Gasteiger partial charge in [-0.25, -0.2) is 9.69 Å². The van der Waals surface area contributed by atoms with Gasteiger partial charge in [-0.2, -0.15) is 14.8 Å². The van der Waals surface area contributed by atoms with Crippen LogP contribution in [0.25, 0.3) is 5.69 Å². The number of nitrogens with two attached hydrogens (primary N) is 1. The summed E-state index contributed by atoms with van der Waals surface area (Å²) < 4.78 is 1.54. The van der Waals surface area contributed by atoms with Crippen molar-refractivity contribution in [1.82, 2.24) is 14.8 Å². The fourth-order valence-corrected chi connectivity index (χ4v) is 2.20. The first kappa shape index (κ1) is 14.1. The Morgan fingerprint density at radius 1 is 1.09 bits per heavy atom. The maximum Gasteiger partial charge on any atom is 0.326 e. The highest BCUT2D eigenvalue weighted by atomic mass is 35.5. The number of carbonyl (C=O) groups is 1. The van der Waals surface area contributed by atoms with E-state index in [1.54, 1.807) is 28.9 Å². The fourth-order valence-electron chi connectivity index (χ4n) is 2.07. The number of hydrogen-bond acceptors (Lipinski definition) is 3. The first-order chi connectivity index (χ1) is 10.7. The molecular weight excluding hydrogens is 302 g/mol. The van der Waals surface area contributed by atoms with Crippen molar-refractivity contribution in [2.75, 3.05) is 4.90 Å². The number of amides is 2. The zero-order valence-electron chi connectivity index (χ0n) is 11.4. The average Bonchev–Trinajstić information content (AvgIpc) is 2.99. The number of urea groups is 1. The minimum Gasteiger partial charge on any atom is -0.351 e. The first-order valence-electron chi connectivity index (χ1n) is 6.47. The summed E-state index contributed by atoms with van der Waals surface area (Å²) in [6, 6.07) is 15.4. The van der Waals surface area contributed by atoms with Crippen LogP contribution in [-0.4, -0.2) is 20.8 Å². The molecule has 0 atom stereocenters. The monoisotopic (exact) mass is 313 g/mol. The number of anilines is 2. The van der Waals surface area contributed by atoms with Crippen LogP contribution in [0.4, 0.5) is 16.4 Å². The number of rotatable bonds is 3. The molecule has 2 amide bonds. The van der Waals surface area contributed by atoms with E-state index in [2.05, 4.69) is 10.1 Å². The number of para-hydroxylation sites is 1. The number of carbonyl (C=O) groups excluding carboxylic acids is 1. The van der Waals surface area contributed by atoms with Crippen molar-refractivity contribution >= 4 is 29.3 Å². The number of benzene rings is 2. The van der Waals surface area contributed by atoms with Crippen LogP contribution < -0.4 is 10.6 Å². The number of hydrogen-bond donors (Lipinski definition) is 1. The zero-order chi connectivity index (χ0) is 15.5. The zero-order valence-corrected chi connectivity index (χ0v) is 12.2. The van der Waals surface area contributed by atoms with E-state index in [9.17, 15) is 4.79 Å². The second kappa shape index (κ2) is 5.87. The van der Waals surface area contributed by atoms with Gasteiger partial charge in [0.2, 0.25) is 5.95 Å². The van der Waals surface area contributed by atoms with Crippen molar-refractivity contribution in [3.05, 3.63) is 65.9 Å². The summed E-state index contributed by atoms with van der Waals surface area (Å²) >= 11 is 5.88. The molecule has 110 valence electrons. The normalized spacial score (nSPS) is 10.4. The maximum absolute atomic E-state index is 11.9. The lowest BCUT2D eigenvalue weighted by molar-refractivity contribution is 0.255. The standard InChI is InChI=1S/C15H12ClN5O/c16-11-6-8-12(9-7-11)20(14(17)22)15-18-10-19-21(15)13-4-2-1-3-5-13/h1-10H,(H2,17,22). The van der Waals surface area contributed by atoms with E-state index in [1.165, 1.54) is 11.2 Å². The predicted octanol–water partition coefficient (Wildman–Crippen LogP) is 3.14. The molecule has 0 radical (unpaired) electrons. The molecule has 0 aliphatic heterocycles. The van der Waals surface area contributed by atoms with Gasteiger partial charge in [0.05, 0.1) is 11.4 Å². The van der Waals surface area contributed by atoms with Crippen LogP contribution in [0.3, 0.4) is 0 Å². The van der Waals surface area contributed by atoms with Crippen LogP contribution >= 0.6 is 11.6 Å². The second-order valence-corrected chi connectivity index (χ2v) is 4.89. The van der Waals surface area contributed by atoms with Crippen molar-refractivity contribution in [1.29, 1.82) is 0 Å². The summed E-state index contributed by atoms with van der Waals surface area (Å²) in [7, 11) is 0. The molecule has 0 unspecified atom stereocenters. The molecule has 0 saturated carbocycles. The average molecular weight is 314 g/mol. The molecule has 0 saturated heterocycles. The van der Waals surface area contributed by atoms with Crippen LogP contribution in [0.1, 0.15) is 0 Å². The number of aromatic nitrogens is 3. The predicted molar refractivity (Wildman–Crippen MR) is 84.5 cm³/mol. The van der Waals surface area contributed by atoms with Gasteiger partial charge in [0.15, 0.2) is 0 Å². The minimum atomic E-state index is -0.660. The maximum atomic E-state index is 11.9. The fraction of sp³-hybridized carbons (Fsp3) is 0. The topological polar surface area (TPSA) is 77.0 Å². The van der Waals surface area contributed by atoms with Gasteiger partial charge in [0, 0.05) is 5.02 Å². The lowest BCUT2D eigenvalue weighted by Crippen LogP contribution is -2.33. The van der Waals surface area contributed by atoms with Crippen LogP contribution in [0, 0.1) is 0 Å². The minimum absolute atomic E-state index is 0.307.